The van der Waals surface area contributed by atoms with E-state index in [2.05, 4.69) is 43.3 Å². The lowest BCUT2D eigenvalue weighted by Crippen LogP contribution is -2.13. The highest BCUT2D eigenvalue weighted by molar-refractivity contribution is 6.30. The molecule has 0 bridgehead atoms. The summed E-state index contributed by atoms with van der Waals surface area (Å²) >= 11 is 5.97. The Morgan fingerprint density at radius 1 is 1.10 bits per heavy atom. The minimum absolute atomic E-state index is 0.295. The van der Waals surface area contributed by atoms with Crippen LogP contribution in [0.15, 0.2) is 53.6 Å². The maximum Gasteiger partial charge on any atom is 0.0773 e. The van der Waals surface area contributed by atoms with Gasteiger partial charge in [-0.05, 0) is 35.2 Å². The van der Waals surface area contributed by atoms with Crippen LogP contribution in [0.4, 0.5) is 0 Å². The van der Waals surface area contributed by atoms with Gasteiger partial charge >= 0.3 is 0 Å². The largest absolute Gasteiger partial charge is 0.292 e. The molecule has 1 aliphatic rings. The van der Waals surface area contributed by atoms with E-state index in [0.29, 0.717) is 6.04 Å². The number of rotatable bonds is 3. The maximum absolute atomic E-state index is 5.97. The van der Waals surface area contributed by atoms with Crippen LogP contribution in [0.3, 0.4) is 0 Å². The summed E-state index contributed by atoms with van der Waals surface area (Å²) in [6, 6.07) is 17.1. The second-order valence-electron chi connectivity index (χ2n) is 5.44. The van der Waals surface area contributed by atoms with Gasteiger partial charge in [0.1, 0.15) is 0 Å². The van der Waals surface area contributed by atoms with Crippen molar-refractivity contribution < 1.29 is 0 Å². The van der Waals surface area contributed by atoms with E-state index in [1.54, 1.807) is 0 Å². The second kappa shape index (κ2) is 5.90. The van der Waals surface area contributed by atoms with E-state index in [0.717, 1.165) is 23.6 Å². The van der Waals surface area contributed by atoms with Gasteiger partial charge in [0.15, 0.2) is 0 Å². The smallest absolute Gasteiger partial charge is 0.0773 e. The topological polar surface area (TPSA) is 15.6 Å². The lowest BCUT2D eigenvalue weighted by atomic mass is 9.98. The first-order valence-electron chi connectivity index (χ1n) is 7.32. The van der Waals surface area contributed by atoms with Crippen LogP contribution in [0.1, 0.15) is 36.1 Å². The minimum Gasteiger partial charge on any atom is -0.292 e. The molecule has 0 fully saturated rings. The molecule has 2 nitrogen and oxygen atoms in total. The van der Waals surface area contributed by atoms with Gasteiger partial charge in [-0.2, -0.15) is 5.10 Å². The van der Waals surface area contributed by atoms with E-state index < -0.39 is 0 Å². The Morgan fingerprint density at radius 2 is 1.76 bits per heavy atom. The van der Waals surface area contributed by atoms with Crippen LogP contribution >= 0.6 is 11.6 Å². The fourth-order valence-electron chi connectivity index (χ4n) is 2.74. The molecule has 0 aliphatic carbocycles. The van der Waals surface area contributed by atoms with Gasteiger partial charge in [0, 0.05) is 18.5 Å². The standard InChI is InChI=1S/C18H19ClN2/c1-3-13-4-6-14(7-5-13)17-12-18(21(2)20-17)15-8-10-16(19)11-9-15/h4-11,18H,3,12H2,1-2H3. The summed E-state index contributed by atoms with van der Waals surface area (Å²) < 4.78 is 0. The van der Waals surface area contributed by atoms with Gasteiger partial charge in [0.25, 0.3) is 0 Å². The van der Waals surface area contributed by atoms with Crippen LogP contribution in [-0.4, -0.2) is 17.8 Å². The molecule has 3 heteroatoms. The van der Waals surface area contributed by atoms with Gasteiger partial charge in [0.2, 0.25) is 0 Å². The summed E-state index contributed by atoms with van der Waals surface area (Å²) in [7, 11) is 2.03. The molecule has 0 radical (unpaired) electrons. The van der Waals surface area contributed by atoms with Crippen LogP contribution in [0.5, 0.6) is 0 Å². The molecule has 0 saturated carbocycles. The third kappa shape index (κ3) is 2.96. The second-order valence-corrected chi connectivity index (χ2v) is 5.88. The average molecular weight is 299 g/mol. The molecule has 0 saturated heterocycles. The molecule has 1 atom stereocenters. The van der Waals surface area contributed by atoms with E-state index in [9.17, 15) is 0 Å². The van der Waals surface area contributed by atoms with Gasteiger partial charge in [-0.3, -0.25) is 5.01 Å². The SMILES string of the molecule is CCc1ccc(C2=NN(C)C(c3ccc(Cl)cc3)C2)cc1. The monoisotopic (exact) mass is 298 g/mol. The Morgan fingerprint density at radius 3 is 2.38 bits per heavy atom. The fourth-order valence-corrected chi connectivity index (χ4v) is 2.87. The number of hydrazone groups is 1. The van der Waals surface area contributed by atoms with Gasteiger partial charge in [-0.15, -0.1) is 0 Å². The molecule has 2 aromatic carbocycles. The molecule has 2 aromatic rings. The summed E-state index contributed by atoms with van der Waals surface area (Å²) in [5.41, 5.74) is 4.99. The molecule has 108 valence electrons. The Balaban J connectivity index is 1.80. The van der Waals surface area contributed by atoms with E-state index in [1.807, 2.05) is 24.2 Å². The maximum atomic E-state index is 5.97. The molecule has 0 aromatic heterocycles. The van der Waals surface area contributed by atoms with Crippen molar-refractivity contribution >= 4 is 17.3 Å². The third-order valence-corrected chi connectivity index (χ3v) is 4.32. The van der Waals surface area contributed by atoms with Gasteiger partial charge in [-0.25, -0.2) is 0 Å². The summed E-state index contributed by atoms with van der Waals surface area (Å²) in [4.78, 5) is 0. The Bertz CT molecular complexity index is 644. The van der Waals surface area contributed by atoms with Crippen LogP contribution in [0, 0.1) is 0 Å². The van der Waals surface area contributed by atoms with E-state index in [-0.39, 0.29) is 0 Å². The van der Waals surface area contributed by atoms with E-state index in [1.165, 1.54) is 16.7 Å². The third-order valence-electron chi connectivity index (χ3n) is 4.07. The van der Waals surface area contributed by atoms with Crippen molar-refractivity contribution in [1.29, 1.82) is 0 Å². The molecular formula is C18H19ClN2. The molecule has 1 aliphatic heterocycles. The molecule has 1 unspecified atom stereocenters. The van der Waals surface area contributed by atoms with Gasteiger partial charge < -0.3 is 0 Å². The normalized spacial score (nSPS) is 18.0. The summed E-state index contributed by atoms with van der Waals surface area (Å²) in [6.45, 7) is 2.17. The zero-order valence-corrected chi connectivity index (χ0v) is 13.1. The van der Waals surface area contributed by atoms with Crippen LogP contribution in [0.25, 0.3) is 0 Å². The zero-order valence-electron chi connectivity index (χ0n) is 12.4. The number of hydrogen-bond donors (Lipinski definition) is 0. The van der Waals surface area contributed by atoms with E-state index in [4.69, 9.17) is 16.7 Å². The Kier molecular flexibility index (Phi) is 3.98. The summed E-state index contributed by atoms with van der Waals surface area (Å²) in [5, 5.41) is 7.53. The Labute approximate surface area is 131 Å². The summed E-state index contributed by atoms with van der Waals surface area (Å²) in [6.07, 6.45) is 2.00. The van der Waals surface area contributed by atoms with Crippen LogP contribution in [0.2, 0.25) is 5.02 Å². The van der Waals surface area contributed by atoms with Gasteiger partial charge in [0.05, 0.1) is 11.8 Å². The van der Waals surface area contributed by atoms with Gasteiger partial charge in [-0.1, -0.05) is 54.9 Å². The van der Waals surface area contributed by atoms with Crippen molar-refractivity contribution in [1.82, 2.24) is 5.01 Å². The van der Waals surface area contributed by atoms with Crippen molar-refractivity contribution in [3.8, 4) is 0 Å². The molecule has 0 N–H and O–H groups in total. The molecule has 0 spiro atoms. The lowest BCUT2D eigenvalue weighted by molar-refractivity contribution is 0.290. The zero-order chi connectivity index (χ0) is 14.8. The first-order chi connectivity index (χ1) is 10.2. The quantitative estimate of drug-likeness (QED) is 0.803. The van der Waals surface area contributed by atoms with Crippen LogP contribution in [-0.2, 0) is 6.42 Å². The van der Waals surface area contributed by atoms with Crippen molar-refractivity contribution in [3.63, 3.8) is 0 Å². The first-order valence-corrected chi connectivity index (χ1v) is 7.70. The Hall–Kier alpha value is -1.80. The lowest BCUT2D eigenvalue weighted by Gasteiger charge is -2.18. The fraction of sp³-hybridized carbons (Fsp3) is 0.278. The molecule has 1 heterocycles. The van der Waals surface area contributed by atoms with Crippen molar-refractivity contribution in [2.24, 2.45) is 5.10 Å². The van der Waals surface area contributed by atoms with Crippen molar-refractivity contribution in [3.05, 3.63) is 70.2 Å². The number of benzene rings is 2. The number of hydrogen-bond acceptors (Lipinski definition) is 2. The summed E-state index contributed by atoms with van der Waals surface area (Å²) in [5.74, 6) is 0. The number of nitrogens with zero attached hydrogens (tertiary/aromatic N) is 2. The number of halogens is 1. The highest BCUT2D eigenvalue weighted by atomic mass is 35.5. The van der Waals surface area contributed by atoms with Crippen molar-refractivity contribution in [2.45, 2.75) is 25.8 Å². The predicted molar refractivity (Wildman–Crippen MR) is 88.9 cm³/mol. The first kappa shape index (κ1) is 14.2. The minimum atomic E-state index is 0.295. The van der Waals surface area contributed by atoms with Crippen LogP contribution < -0.4 is 0 Å². The van der Waals surface area contributed by atoms with Crippen molar-refractivity contribution in [2.75, 3.05) is 7.05 Å². The molecule has 3 rings (SSSR count). The molecular weight excluding hydrogens is 280 g/mol. The highest BCUT2D eigenvalue weighted by Gasteiger charge is 2.25. The molecule has 0 amide bonds. The number of aryl methyl sites for hydroxylation is 1. The van der Waals surface area contributed by atoms with E-state index >= 15 is 0 Å². The predicted octanol–water partition coefficient (Wildman–Crippen LogP) is 4.68. The highest BCUT2D eigenvalue weighted by Crippen LogP contribution is 2.31. The average Bonchev–Trinajstić information content (AvgIpc) is 2.90. The molecule has 21 heavy (non-hydrogen) atoms.